The van der Waals surface area contributed by atoms with Gasteiger partial charge in [0.05, 0.1) is 6.61 Å². The molecule has 0 aromatic carbocycles. The largest absolute Gasteiger partial charge is 0.394 e. The molecule has 0 amide bonds. The number of nitrogens with one attached hydrogen (secondary N) is 1. The van der Waals surface area contributed by atoms with Crippen molar-refractivity contribution in [1.29, 1.82) is 0 Å². The van der Waals surface area contributed by atoms with Crippen LogP contribution in [0.3, 0.4) is 0 Å². The zero-order chi connectivity index (χ0) is 20.1. The molecular formula is C18H33NO8. The van der Waals surface area contributed by atoms with Gasteiger partial charge in [0.1, 0.15) is 37.0 Å². The summed E-state index contributed by atoms with van der Waals surface area (Å²) in [6.07, 6.45) is -0.0359. The average molecular weight is 391 g/mol. The monoisotopic (exact) mass is 391 g/mol. The second kappa shape index (κ2) is 14.1. The molecule has 9 nitrogen and oxygen atoms in total. The highest BCUT2D eigenvalue weighted by atomic mass is 16.7. The molecule has 0 radical (unpaired) electrons. The standard InChI is InChI=1S/C18H33NO8/c20-8-4-2-1-3-7-19-10-13(11-21)6-5-9-26-18-17(25)16(24)15(23)14(12-22)27-18/h8,11,13-19,22-25H,1-7,9-10,12H2. The van der Waals surface area contributed by atoms with Gasteiger partial charge in [-0.25, -0.2) is 0 Å². The zero-order valence-corrected chi connectivity index (χ0v) is 15.6. The lowest BCUT2D eigenvalue weighted by atomic mass is 9.99. The van der Waals surface area contributed by atoms with Gasteiger partial charge in [-0.15, -0.1) is 0 Å². The lowest BCUT2D eigenvalue weighted by Crippen LogP contribution is -2.59. The summed E-state index contributed by atoms with van der Waals surface area (Å²) in [4.78, 5) is 21.4. The van der Waals surface area contributed by atoms with Crippen molar-refractivity contribution in [2.45, 2.75) is 69.2 Å². The molecule has 9 heteroatoms. The Morgan fingerprint density at radius 3 is 2.48 bits per heavy atom. The third kappa shape index (κ3) is 8.73. The smallest absolute Gasteiger partial charge is 0.186 e. The molecule has 0 aromatic rings. The van der Waals surface area contributed by atoms with Gasteiger partial charge in [-0.3, -0.25) is 0 Å². The van der Waals surface area contributed by atoms with E-state index in [4.69, 9.17) is 14.6 Å². The van der Waals surface area contributed by atoms with Crippen LogP contribution >= 0.6 is 0 Å². The van der Waals surface area contributed by atoms with Gasteiger partial charge in [0, 0.05) is 25.5 Å². The third-order valence-corrected chi connectivity index (χ3v) is 4.62. The van der Waals surface area contributed by atoms with Crippen molar-refractivity contribution in [3.63, 3.8) is 0 Å². The highest BCUT2D eigenvalue weighted by Gasteiger charge is 2.43. The molecule has 1 heterocycles. The van der Waals surface area contributed by atoms with Gasteiger partial charge in [-0.2, -0.15) is 0 Å². The first kappa shape index (κ1) is 24.1. The fourth-order valence-electron chi connectivity index (χ4n) is 2.91. The van der Waals surface area contributed by atoms with Crippen LogP contribution in [0.5, 0.6) is 0 Å². The van der Waals surface area contributed by atoms with E-state index in [1.807, 2.05) is 0 Å². The number of hydrogen-bond donors (Lipinski definition) is 5. The highest BCUT2D eigenvalue weighted by molar-refractivity contribution is 5.53. The normalized spacial score (nSPS) is 29.4. The fraction of sp³-hybridized carbons (Fsp3) is 0.889. The summed E-state index contributed by atoms with van der Waals surface area (Å²) in [5.41, 5.74) is 0. The summed E-state index contributed by atoms with van der Waals surface area (Å²) in [5.74, 6) is -0.154. The van der Waals surface area contributed by atoms with Gasteiger partial charge in [0.15, 0.2) is 6.29 Å². The maximum absolute atomic E-state index is 11.1. The van der Waals surface area contributed by atoms with Crippen LogP contribution in [0.4, 0.5) is 0 Å². The molecule has 158 valence electrons. The molecule has 0 aliphatic carbocycles. The number of rotatable bonds is 15. The van der Waals surface area contributed by atoms with Crippen LogP contribution in [0, 0.1) is 5.92 Å². The predicted octanol–water partition coefficient (Wildman–Crippen LogP) is -1.25. The number of aliphatic hydroxyl groups excluding tert-OH is 4. The topological polar surface area (TPSA) is 146 Å². The molecule has 0 bridgehead atoms. The summed E-state index contributed by atoms with van der Waals surface area (Å²) in [6.45, 7) is 1.07. The van der Waals surface area contributed by atoms with Gasteiger partial charge in [0.2, 0.25) is 0 Å². The van der Waals surface area contributed by atoms with Crippen LogP contribution in [-0.2, 0) is 19.1 Å². The second-order valence-corrected chi connectivity index (χ2v) is 6.83. The minimum absolute atomic E-state index is 0.154. The van der Waals surface area contributed by atoms with E-state index in [9.17, 15) is 24.9 Å². The van der Waals surface area contributed by atoms with Crippen molar-refractivity contribution in [3.05, 3.63) is 0 Å². The summed E-state index contributed by atoms with van der Waals surface area (Å²) in [7, 11) is 0. The quantitative estimate of drug-likeness (QED) is 0.171. The molecule has 1 rings (SSSR count). The second-order valence-electron chi connectivity index (χ2n) is 6.83. The molecule has 1 saturated heterocycles. The Morgan fingerprint density at radius 1 is 1.04 bits per heavy atom. The number of aldehydes is 2. The first-order valence-electron chi connectivity index (χ1n) is 9.56. The number of hydrogen-bond acceptors (Lipinski definition) is 9. The van der Waals surface area contributed by atoms with Gasteiger partial charge < -0.3 is 44.8 Å². The van der Waals surface area contributed by atoms with E-state index in [2.05, 4.69) is 5.32 Å². The third-order valence-electron chi connectivity index (χ3n) is 4.62. The summed E-state index contributed by atoms with van der Waals surface area (Å²) < 4.78 is 10.6. The number of unbranched alkanes of at least 4 members (excludes halogenated alkanes) is 3. The van der Waals surface area contributed by atoms with E-state index in [1.165, 1.54) is 0 Å². The van der Waals surface area contributed by atoms with Crippen LogP contribution in [0.2, 0.25) is 0 Å². The highest BCUT2D eigenvalue weighted by Crippen LogP contribution is 2.22. The molecule has 0 saturated carbocycles. The molecule has 1 aliphatic rings. The van der Waals surface area contributed by atoms with E-state index in [-0.39, 0.29) is 12.5 Å². The van der Waals surface area contributed by atoms with E-state index in [0.29, 0.717) is 25.8 Å². The molecule has 27 heavy (non-hydrogen) atoms. The fourth-order valence-corrected chi connectivity index (χ4v) is 2.91. The van der Waals surface area contributed by atoms with Crippen LogP contribution in [0.15, 0.2) is 0 Å². The van der Waals surface area contributed by atoms with Crippen LogP contribution in [0.1, 0.15) is 38.5 Å². The molecule has 0 aromatic heterocycles. The summed E-state index contributed by atoms with van der Waals surface area (Å²) >= 11 is 0. The maximum Gasteiger partial charge on any atom is 0.186 e. The summed E-state index contributed by atoms with van der Waals surface area (Å²) in [5, 5.41) is 41.6. The van der Waals surface area contributed by atoms with Crippen LogP contribution in [-0.4, -0.2) is 90.0 Å². The predicted molar refractivity (Wildman–Crippen MR) is 95.9 cm³/mol. The molecular weight excluding hydrogens is 358 g/mol. The van der Waals surface area contributed by atoms with E-state index in [1.54, 1.807) is 0 Å². The SMILES string of the molecule is O=CCCCCCNCC(C=O)CCCOC1OC(CO)C(O)C(O)C1O. The van der Waals surface area contributed by atoms with Gasteiger partial charge in [0.25, 0.3) is 0 Å². The molecule has 6 unspecified atom stereocenters. The Balaban J connectivity index is 2.17. The van der Waals surface area contributed by atoms with Gasteiger partial charge in [-0.05, 0) is 32.2 Å². The molecule has 1 aliphatic heterocycles. The van der Waals surface area contributed by atoms with Crippen molar-refractivity contribution < 1.29 is 39.5 Å². The number of carbonyl (C=O) groups excluding carboxylic acids is 2. The Labute approximate surface area is 159 Å². The van der Waals surface area contributed by atoms with Crippen LogP contribution < -0.4 is 5.32 Å². The van der Waals surface area contributed by atoms with Crippen molar-refractivity contribution >= 4 is 12.6 Å². The maximum atomic E-state index is 11.1. The first-order valence-corrected chi connectivity index (χ1v) is 9.56. The Kier molecular flexibility index (Phi) is 12.6. The van der Waals surface area contributed by atoms with Crippen molar-refractivity contribution in [1.82, 2.24) is 5.32 Å². The van der Waals surface area contributed by atoms with E-state index < -0.39 is 37.3 Å². The van der Waals surface area contributed by atoms with Crippen molar-refractivity contribution in [2.24, 2.45) is 5.92 Å². The molecule has 1 fully saturated rings. The lowest BCUT2D eigenvalue weighted by molar-refractivity contribution is -0.301. The molecule has 0 spiro atoms. The number of aliphatic hydroxyl groups is 4. The number of carbonyl (C=O) groups is 2. The van der Waals surface area contributed by atoms with Crippen LogP contribution in [0.25, 0.3) is 0 Å². The Morgan fingerprint density at radius 2 is 1.81 bits per heavy atom. The van der Waals surface area contributed by atoms with Crippen molar-refractivity contribution in [2.75, 3.05) is 26.3 Å². The zero-order valence-electron chi connectivity index (χ0n) is 15.6. The number of ether oxygens (including phenoxy) is 2. The minimum Gasteiger partial charge on any atom is -0.394 e. The summed E-state index contributed by atoms with van der Waals surface area (Å²) in [6, 6.07) is 0. The Bertz CT molecular complexity index is 409. The lowest BCUT2D eigenvalue weighted by Gasteiger charge is -2.39. The molecule has 5 N–H and O–H groups in total. The first-order chi connectivity index (χ1) is 13.0. The Hall–Kier alpha value is -0.940. The molecule has 6 atom stereocenters. The van der Waals surface area contributed by atoms with E-state index >= 15 is 0 Å². The minimum atomic E-state index is -1.46. The average Bonchev–Trinajstić information content (AvgIpc) is 2.68. The van der Waals surface area contributed by atoms with Gasteiger partial charge >= 0.3 is 0 Å². The van der Waals surface area contributed by atoms with Crippen molar-refractivity contribution in [3.8, 4) is 0 Å². The van der Waals surface area contributed by atoms with Gasteiger partial charge in [-0.1, -0.05) is 6.42 Å². The van der Waals surface area contributed by atoms with E-state index in [0.717, 1.165) is 38.4 Å².